The van der Waals surface area contributed by atoms with Gasteiger partial charge in [-0.15, -0.1) is 12.4 Å². The molecule has 0 aliphatic heterocycles. The van der Waals surface area contributed by atoms with Gasteiger partial charge in [0.25, 0.3) is 0 Å². The summed E-state index contributed by atoms with van der Waals surface area (Å²) in [6.07, 6.45) is 5.66. The fourth-order valence-electron chi connectivity index (χ4n) is 4.15. The van der Waals surface area contributed by atoms with E-state index in [0.29, 0.717) is 13.2 Å². The monoisotopic (exact) mass is 496 g/mol. The summed E-state index contributed by atoms with van der Waals surface area (Å²) < 4.78 is 10.6. The lowest BCUT2D eigenvalue weighted by atomic mass is 10.0. The Morgan fingerprint density at radius 2 is 1.74 bits per heavy atom. The standard InChI is InChI=1S/C27H32N4O3.ClH/c1-18(34-3)25(28)16-31(27(32)24-14-23(24)26-15-29-12-13-30-26)22-10-8-21(9-11-22)20-6-4-19(5-7-20)17-33-2;/h4-13,15,18,23-25H,14,16-17,28H2,1-3H3;1H/t18-,23-,24-,25-;/m1./s1. The van der Waals surface area contributed by atoms with Gasteiger partial charge in [0.15, 0.2) is 0 Å². The molecule has 2 N–H and O–H groups in total. The molecular weight excluding hydrogens is 464 g/mol. The molecule has 1 saturated carbocycles. The molecular formula is C27H33ClN4O3. The van der Waals surface area contributed by atoms with Crippen LogP contribution in [0.15, 0.2) is 67.1 Å². The molecule has 2 aromatic carbocycles. The largest absolute Gasteiger partial charge is 0.380 e. The van der Waals surface area contributed by atoms with Crippen molar-refractivity contribution in [2.75, 3.05) is 25.7 Å². The van der Waals surface area contributed by atoms with Gasteiger partial charge in [0.05, 0.1) is 18.4 Å². The van der Waals surface area contributed by atoms with Crippen LogP contribution in [-0.2, 0) is 20.9 Å². The zero-order valence-corrected chi connectivity index (χ0v) is 21.2. The summed E-state index contributed by atoms with van der Waals surface area (Å²) in [4.78, 5) is 23.9. The van der Waals surface area contributed by atoms with Crippen molar-refractivity contribution in [3.63, 3.8) is 0 Å². The maximum atomic E-state index is 13.6. The lowest BCUT2D eigenvalue weighted by molar-refractivity contribution is -0.120. The van der Waals surface area contributed by atoms with Crippen LogP contribution in [0.5, 0.6) is 0 Å². The van der Waals surface area contributed by atoms with E-state index < -0.39 is 0 Å². The van der Waals surface area contributed by atoms with E-state index in [4.69, 9.17) is 15.2 Å². The number of halogens is 1. The average Bonchev–Trinajstić information content (AvgIpc) is 3.69. The average molecular weight is 497 g/mol. The van der Waals surface area contributed by atoms with E-state index in [0.717, 1.165) is 34.5 Å². The Bertz CT molecular complexity index is 1080. The molecule has 8 heteroatoms. The predicted molar refractivity (Wildman–Crippen MR) is 140 cm³/mol. The molecule has 7 nitrogen and oxygen atoms in total. The Morgan fingerprint density at radius 3 is 2.31 bits per heavy atom. The number of benzene rings is 2. The minimum Gasteiger partial charge on any atom is -0.380 e. The summed E-state index contributed by atoms with van der Waals surface area (Å²) in [5, 5.41) is 0. The summed E-state index contributed by atoms with van der Waals surface area (Å²) in [5.74, 6) is 0.0468. The maximum absolute atomic E-state index is 13.6. The molecule has 0 saturated heterocycles. The Kier molecular flexibility index (Phi) is 9.34. The van der Waals surface area contributed by atoms with E-state index in [1.54, 1.807) is 37.7 Å². The molecule has 4 rings (SSSR count). The molecule has 1 aliphatic rings. The Morgan fingerprint density at radius 1 is 1.09 bits per heavy atom. The van der Waals surface area contributed by atoms with E-state index >= 15 is 0 Å². The number of anilines is 1. The van der Waals surface area contributed by atoms with Crippen LogP contribution in [0.25, 0.3) is 11.1 Å². The fraction of sp³-hybridized carbons (Fsp3) is 0.370. The highest BCUT2D eigenvalue weighted by Crippen LogP contribution is 2.48. The van der Waals surface area contributed by atoms with Crippen molar-refractivity contribution in [2.24, 2.45) is 11.7 Å². The molecule has 1 aromatic heterocycles. The number of amides is 1. The summed E-state index contributed by atoms with van der Waals surface area (Å²) in [6, 6.07) is 16.0. The number of methoxy groups -OCH3 is 2. The summed E-state index contributed by atoms with van der Waals surface area (Å²) in [6.45, 7) is 2.89. The summed E-state index contributed by atoms with van der Waals surface area (Å²) in [7, 11) is 3.32. The van der Waals surface area contributed by atoms with Gasteiger partial charge in [-0.1, -0.05) is 36.4 Å². The fourth-order valence-corrected chi connectivity index (χ4v) is 4.15. The lowest BCUT2D eigenvalue weighted by Crippen LogP contribution is -2.47. The molecule has 0 radical (unpaired) electrons. The van der Waals surface area contributed by atoms with Gasteiger partial charge < -0.3 is 20.1 Å². The zero-order valence-electron chi connectivity index (χ0n) is 20.3. The number of hydrogen-bond donors (Lipinski definition) is 1. The molecule has 1 fully saturated rings. The van der Waals surface area contributed by atoms with E-state index in [2.05, 4.69) is 34.2 Å². The first-order valence-electron chi connectivity index (χ1n) is 11.6. The van der Waals surface area contributed by atoms with Crippen LogP contribution in [0.2, 0.25) is 0 Å². The Hall–Kier alpha value is -2.84. The van der Waals surface area contributed by atoms with Gasteiger partial charge in [-0.2, -0.15) is 0 Å². The topological polar surface area (TPSA) is 90.6 Å². The van der Waals surface area contributed by atoms with Crippen molar-refractivity contribution in [3.05, 3.63) is 78.4 Å². The van der Waals surface area contributed by atoms with Gasteiger partial charge in [0.1, 0.15) is 0 Å². The molecule has 0 unspecified atom stereocenters. The third-order valence-corrected chi connectivity index (χ3v) is 6.48. The highest BCUT2D eigenvalue weighted by Gasteiger charge is 2.47. The van der Waals surface area contributed by atoms with Gasteiger partial charge in [-0.25, -0.2) is 0 Å². The minimum absolute atomic E-state index is 0. The molecule has 1 amide bonds. The Balaban J connectivity index is 0.00000342. The molecule has 0 bridgehead atoms. The van der Waals surface area contributed by atoms with E-state index in [1.807, 2.05) is 31.2 Å². The Labute approximate surface area is 213 Å². The van der Waals surface area contributed by atoms with Crippen LogP contribution in [0.4, 0.5) is 5.69 Å². The van der Waals surface area contributed by atoms with Crippen LogP contribution in [0, 0.1) is 5.92 Å². The van der Waals surface area contributed by atoms with Gasteiger partial charge in [-0.05, 0) is 42.2 Å². The molecule has 186 valence electrons. The first-order chi connectivity index (χ1) is 16.5. The lowest BCUT2D eigenvalue weighted by Gasteiger charge is -2.29. The van der Waals surface area contributed by atoms with Gasteiger partial charge in [0, 0.05) is 62.9 Å². The van der Waals surface area contributed by atoms with Crippen molar-refractivity contribution in [3.8, 4) is 11.1 Å². The minimum atomic E-state index is -0.310. The number of nitrogens with two attached hydrogens (primary N) is 1. The second-order valence-corrected chi connectivity index (χ2v) is 8.81. The van der Waals surface area contributed by atoms with Crippen molar-refractivity contribution in [1.29, 1.82) is 0 Å². The quantitative estimate of drug-likeness (QED) is 0.452. The van der Waals surface area contributed by atoms with Crippen molar-refractivity contribution >= 4 is 24.0 Å². The number of carbonyl (C=O) groups is 1. The smallest absolute Gasteiger partial charge is 0.230 e. The van der Waals surface area contributed by atoms with E-state index in [9.17, 15) is 4.79 Å². The van der Waals surface area contributed by atoms with Crippen LogP contribution in [0.3, 0.4) is 0 Å². The number of ether oxygens (including phenoxy) is 2. The second kappa shape index (κ2) is 12.2. The third kappa shape index (κ3) is 6.44. The third-order valence-electron chi connectivity index (χ3n) is 6.48. The SMILES string of the molecule is COCc1ccc(-c2ccc(N(C[C@@H](N)[C@@H](C)OC)C(=O)[C@@H]3C[C@H]3c3cnccn3)cc2)cc1.Cl. The first-order valence-corrected chi connectivity index (χ1v) is 11.6. The molecule has 1 aliphatic carbocycles. The second-order valence-electron chi connectivity index (χ2n) is 8.81. The van der Waals surface area contributed by atoms with Crippen molar-refractivity contribution in [2.45, 2.75) is 38.0 Å². The van der Waals surface area contributed by atoms with E-state index in [1.165, 1.54) is 0 Å². The van der Waals surface area contributed by atoms with Gasteiger partial charge in [-0.3, -0.25) is 14.8 Å². The summed E-state index contributed by atoms with van der Waals surface area (Å²) in [5.41, 5.74) is 11.4. The van der Waals surface area contributed by atoms with Crippen LogP contribution in [0.1, 0.15) is 30.5 Å². The van der Waals surface area contributed by atoms with Crippen LogP contribution >= 0.6 is 12.4 Å². The highest BCUT2D eigenvalue weighted by atomic mass is 35.5. The molecule has 1 heterocycles. The number of rotatable bonds is 10. The molecule has 35 heavy (non-hydrogen) atoms. The van der Waals surface area contributed by atoms with E-state index in [-0.39, 0.29) is 42.3 Å². The number of carbonyl (C=O) groups excluding carboxylic acids is 1. The van der Waals surface area contributed by atoms with Gasteiger partial charge >= 0.3 is 0 Å². The summed E-state index contributed by atoms with van der Waals surface area (Å²) >= 11 is 0. The zero-order chi connectivity index (χ0) is 24.1. The van der Waals surface area contributed by atoms with Gasteiger partial charge in [0.2, 0.25) is 5.91 Å². The number of hydrogen-bond acceptors (Lipinski definition) is 6. The normalized spacial score (nSPS) is 18.3. The first kappa shape index (κ1) is 26.8. The van der Waals surface area contributed by atoms with Crippen molar-refractivity contribution in [1.82, 2.24) is 9.97 Å². The molecule has 0 spiro atoms. The number of nitrogens with zero attached hydrogens (tertiary/aromatic N) is 3. The van der Waals surface area contributed by atoms with Crippen molar-refractivity contribution < 1.29 is 14.3 Å². The molecule has 4 atom stereocenters. The molecule has 3 aromatic rings. The number of aromatic nitrogens is 2. The van der Waals surface area contributed by atoms with Crippen LogP contribution in [-0.4, -0.2) is 48.8 Å². The van der Waals surface area contributed by atoms with Crippen LogP contribution < -0.4 is 10.6 Å². The highest BCUT2D eigenvalue weighted by molar-refractivity contribution is 5.97. The predicted octanol–water partition coefficient (Wildman–Crippen LogP) is 4.21. The maximum Gasteiger partial charge on any atom is 0.230 e.